The van der Waals surface area contributed by atoms with Crippen molar-refractivity contribution in [2.24, 2.45) is 5.92 Å². The van der Waals surface area contributed by atoms with Crippen molar-refractivity contribution in [1.29, 1.82) is 0 Å². The van der Waals surface area contributed by atoms with Gasteiger partial charge in [0.05, 0.1) is 20.8 Å². The Morgan fingerprint density at radius 2 is 1.97 bits per heavy atom. The molecule has 0 spiro atoms. The van der Waals surface area contributed by atoms with Gasteiger partial charge in [-0.05, 0) is 31.0 Å². The fourth-order valence-electron chi connectivity index (χ4n) is 3.31. The van der Waals surface area contributed by atoms with Crippen molar-refractivity contribution in [3.05, 3.63) is 47.1 Å². The van der Waals surface area contributed by atoms with E-state index < -0.39 is 11.7 Å². The zero-order valence-corrected chi connectivity index (χ0v) is 16.6. The van der Waals surface area contributed by atoms with Crippen LogP contribution in [0.25, 0.3) is 10.2 Å². The maximum atomic E-state index is 12.8. The number of fused-ring (bicyclic) bond motifs is 1. The third-order valence-corrected chi connectivity index (χ3v) is 6.07. The third-order valence-electron chi connectivity index (χ3n) is 4.84. The number of thiazole rings is 1. The number of benzene rings is 1. The van der Waals surface area contributed by atoms with Crippen LogP contribution in [0, 0.1) is 5.92 Å². The maximum Gasteiger partial charge on any atom is 0.417 e. The number of hydrogen-bond acceptors (Lipinski definition) is 5. The Morgan fingerprint density at radius 3 is 2.62 bits per heavy atom. The molecule has 4 rings (SSSR count). The Hall–Kier alpha value is -2.39. The van der Waals surface area contributed by atoms with Crippen LogP contribution in [-0.2, 0) is 11.0 Å². The Bertz CT molecular complexity index is 1010. The molecule has 152 valence electrons. The highest BCUT2D eigenvalue weighted by Crippen LogP contribution is 2.35. The van der Waals surface area contributed by atoms with Crippen molar-refractivity contribution in [2.75, 3.05) is 23.3 Å². The lowest BCUT2D eigenvalue weighted by Gasteiger charge is -2.32. The fraction of sp³-hybridized carbons (Fsp3) is 0.316. The summed E-state index contributed by atoms with van der Waals surface area (Å²) in [7, 11) is 0. The summed E-state index contributed by atoms with van der Waals surface area (Å²) in [4.78, 5) is 22.7. The molecule has 1 aliphatic rings. The average molecular weight is 441 g/mol. The molecule has 0 atom stereocenters. The zero-order chi connectivity index (χ0) is 20.6. The van der Waals surface area contributed by atoms with Crippen LogP contribution in [0.5, 0.6) is 0 Å². The minimum Gasteiger partial charge on any atom is -0.355 e. The van der Waals surface area contributed by atoms with E-state index in [1.165, 1.54) is 11.3 Å². The lowest BCUT2D eigenvalue weighted by molar-refractivity contribution is -0.137. The Morgan fingerprint density at radius 1 is 1.24 bits per heavy atom. The Kier molecular flexibility index (Phi) is 5.35. The van der Waals surface area contributed by atoms with Gasteiger partial charge in [0, 0.05) is 25.2 Å². The van der Waals surface area contributed by atoms with Gasteiger partial charge < -0.3 is 10.2 Å². The number of aromatic nitrogens is 2. The number of nitrogens with one attached hydrogen (secondary N) is 1. The predicted octanol–water partition coefficient (Wildman–Crippen LogP) is 5.22. The van der Waals surface area contributed by atoms with E-state index in [0.717, 1.165) is 22.5 Å². The van der Waals surface area contributed by atoms with Crippen molar-refractivity contribution >= 4 is 50.0 Å². The van der Waals surface area contributed by atoms with Crippen LogP contribution in [-0.4, -0.2) is 29.0 Å². The first-order valence-electron chi connectivity index (χ1n) is 8.95. The van der Waals surface area contributed by atoms with Gasteiger partial charge in [-0.2, -0.15) is 13.2 Å². The van der Waals surface area contributed by atoms with E-state index >= 15 is 0 Å². The number of anilines is 2. The molecule has 2 aromatic heterocycles. The second-order valence-corrected chi connectivity index (χ2v) is 8.20. The quantitative estimate of drug-likeness (QED) is 0.606. The largest absolute Gasteiger partial charge is 0.417 e. The minimum absolute atomic E-state index is 0.0443. The van der Waals surface area contributed by atoms with E-state index in [4.69, 9.17) is 11.6 Å². The normalized spacial score (nSPS) is 15.7. The molecule has 0 saturated carbocycles. The molecular weight excluding hydrogens is 425 g/mol. The van der Waals surface area contributed by atoms with Crippen molar-refractivity contribution in [1.82, 2.24) is 9.97 Å². The molecule has 1 N–H and O–H groups in total. The second kappa shape index (κ2) is 7.79. The van der Waals surface area contributed by atoms with E-state index in [1.807, 2.05) is 29.2 Å². The molecular formula is C19H16ClF3N4OS. The van der Waals surface area contributed by atoms with Crippen LogP contribution in [0.1, 0.15) is 18.4 Å². The number of amides is 1. The molecule has 1 aliphatic heterocycles. The van der Waals surface area contributed by atoms with Gasteiger partial charge in [-0.25, -0.2) is 9.97 Å². The zero-order valence-electron chi connectivity index (χ0n) is 15.0. The molecule has 29 heavy (non-hydrogen) atoms. The summed E-state index contributed by atoms with van der Waals surface area (Å²) in [5, 5.41) is 3.39. The van der Waals surface area contributed by atoms with Crippen LogP contribution in [0.15, 0.2) is 36.5 Å². The highest BCUT2D eigenvalue weighted by Gasteiger charge is 2.33. The molecule has 1 saturated heterocycles. The molecule has 0 aliphatic carbocycles. The van der Waals surface area contributed by atoms with Crippen LogP contribution >= 0.6 is 22.9 Å². The molecule has 0 unspecified atom stereocenters. The molecule has 1 aromatic carbocycles. The number of pyridine rings is 1. The molecule has 3 aromatic rings. The fourth-order valence-corrected chi connectivity index (χ4v) is 4.46. The van der Waals surface area contributed by atoms with Gasteiger partial charge in [-0.3, -0.25) is 4.79 Å². The van der Waals surface area contributed by atoms with Gasteiger partial charge in [0.1, 0.15) is 5.82 Å². The van der Waals surface area contributed by atoms with Gasteiger partial charge in [0.15, 0.2) is 5.13 Å². The van der Waals surface area contributed by atoms with E-state index in [9.17, 15) is 18.0 Å². The van der Waals surface area contributed by atoms with E-state index in [1.54, 1.807) is 0 Å². The van der Waals surface area contributed by atoms with Crippen molar-refractivity contribution < 1.29 is 18.0 Å². The SMILES string of the molecule is O=C(Nc1nc2ccccc2s1)C1CCN(c2ncc(C(F)(F)F)cc2Cl)CC1. The number of para-hydroxylation sites is 1. The standard InChI is InChI=1S/C19H16ClF3N4OS/c20-13-9-12(19(21,22)23)10-24-16(13)27-7-5-11(6-8-27)17(28)26-18-25-14-3-1-2-4-15(14)29-18/h1-4,9-11H,5-8H2,(H,25,26,28). The van der Waals surface area contributed by atoms with Gasteiger partial charge in [0.25, 0.3) is 0 Å². The summed E-state index contributed by atoms with van der Waals surface area (Å²) in [5.41, 5.74) is -0.0398. The lowest BCUT2D eigenvalue weighted by atomic mass is 9.96. The van der Waals surface area contributed by atoms with Crippen LogP contribution in [0.4, 0.5) is 24.1 Å². The van der Waals surface area contributed by atoms with Crippen molar-refractivity contribution in [2.45, 2.75) is 19.0 Å². The number of piperidine rings is 1. The van der Waals surface area contributed by atoms with Crippen LogP contribution in [0.3, 0.4) is 0 Å². The van der Waals surface area contributed by atoms with Crippen LogP contribution < -0.4 is 10.2 Å². The number of hydrogen-bond donors (Lipinski definition) is 1. The first-order valence-corrected chi connectivity index (χ1v) is 10.1. The molecule has 10 heteroatoms. The average Bonchev–Trinajstić information content (AvgIpc) is 3.09. The predicted molar refractivity (Wildman–Crippen MR) is 107 cm³/mol. The van der Waals surface area contributed by atoms with Crippen molar-refractivity contribution in [3.8, 4) is 0 Å². The lowest BCUT2D eigenvalue weighted by Crippen LogP contribution is -2.38. The van der Waals surface area contributed by atoms with E-state index in [0.29, 0.717) is 36.9 Å². The summed E-state index contributed by atoms with van der Waals surface area (Å²) in [6.45, 7) is 0.964. The van der Waals surface area contributed by atoms with E-state index in [-0.39, 0.29) is 16.8 Å². The molecule has 1 amide bonds. The van der Waals surface area contributed by atoms with Crippen LogP contribution in [0.2, 0.25) is 5.02 Å². The minimum atomic E-state index is -4.49. The monoisotopic (exact) mass is 440 g/mol. The van der Waals surface area contributed by atoms with Gasteiger partial charge >= 0.3 is 6.18 Å². The second-order valence-electron chi connectivity index (χ2n) is 6.76. The third kappa shape index (κ3) is 4.30. The number of carbonyl (C=O) groups is 1. The summed E-state index contributed by atoms with van der Waals surface area (Å²) < 4.78 is 39.3. The Labute approximate surface area is 173 Å². The number of rotatable bonds is 3. The number of alkyl halides is 3. The molecule has 5 nitrogen and oxygen atoms in total. The highest BCUT2D eigenvalue weighted by molar-refractivity contribution is 7.22. The summed E-state index contributed by atoms with van der Waals surface area (Å²) >= 11 is 7.44. The number of nitrogens with zero attached hydrogens (tertiary/aromatic N) is 3. The molecule has 0 radical (unpaired) electrons. The number of halogens is 4. The van der Waals surface area contributed by atoms with Gasteiger partial charge in [-0.15, -0.1) is 0 Å². The summed E-state index contributed by atoms with van der Waals surface area (Å²) in [6, 6.07) is 8.53. The topological polar surface area (TPSA) is 58.1 Å². The summed E-state index contributed by atoms with van der Waals surface area (Å²) in [5.74, 6) is 0.00589. The number of carbonyl (C=O) groups excluding carboxylic acids is 1. The van der Waals surface area contributed by atoms with Gasteiger partial charge in [-0.1, -0.05) is 35.1 Å². The maximum absolute atomic E-state index is 12.8. The molecule has 0 bridgehead atoms. The first-order chi connectivity index (χ1) is 13.8. The van der Waals surface area contributed by atoms with E-state index in [2.05, 4.69) is 15.3 Å². The highest BCUT2D eigenvalue weighted by atomic mass is 35.5. The molecule has 1 fully saturated rings. The molecule has 3 heterocycles. The van der Waals surface area contributed by atoms with Crippen molar-refractivity contribution in [3.63, 3.8) is 0 Å². The van der Waals surface area contributed by atoms with Gasteiger partial charge in [0.2, 0.25) is 5.91 Å². The first kappa shape index (κ1) is 19.9. The Balaban J connectivity index is 1.38. The summed E-state index contributed by atoms with van der Waals surface area (Å²) in [6.07, 6.45) is -2.60. The smallest absolute Gasteiger partial charge is 0.355 e.